The normalized spacial score (nSPS) is 31.1. The number of fused-ring (bicyclic) bond motifs is 7. The van der Waals surface area contributed by atoms with Crippen molar-refractivity contribution in [2.45, 2.75) is 93.7 Å². The number of likely N-dealkylation sites (tertiary alicyclic amines) is 1. The van der Waals surface area contributed by atoms with E-state index in [1.54, 1.807) is 12.1 Å². The van der Waals surface area contributed by atoms with Crippen molar-refractivity contribution in [3.05, 3.63) is 46.6 Å². The molecule has 1 amide bonds. The van der Waals surface area contributed by atoms with E-state index in [1.165, 1.54) is 0 Å². The molecule has 6 unspecified atom stereocenters. The van der Waals surface area contributed by atoms with Crippen LogP contribution in [0.2, 0.25) is 5.02 Å². The van der Waals surface area contributed by atoms with Gasteiger partial charge < -0.3 is 39.3 Å². The Morgan fingerprint density at radius 3 is 2.88 bits per heavy atom. The van der Waals surface area contributed by atoms with Crippen molar-refractivity contribution in [2.24, 2.45) is 0 Å². The summed E-state index contributed by atoms with van der Waals surface area (Å²) in [6.45, 7) is 6.07. The van der Waals surface area contributed by atoms with E-state index >= 15 is 0 Å². The summed E-state index contributed by atoms with van der Waals surface area (Å²) >= 11 is 6.80. The van der Waals surface area contributed by atoms with Gasteiger partial charge in [-0.15, -0.1) is 0 Å². The Balaban J connectivity index is 0.960. The Kier molecular flexibility index (Phi) is 7.89. The van der Waals surface area contributed by atoms with Crippen LogP contribution in [0.4, 0.5) is 16.3 Å². The molecule has 1 aromatic heterocycles. The van der Waals surface area contributed by atoms with Crippen molar-refractivity contribution in [1.82, 2.24) is 25.1 Å². The number of hydrogen-bond acceptors (Lipinski definition) is 11. The van der Waals surface area contributed by atoms with Crippen molar-refractivity contribution < 1.29 is 24.1 Å². The number of aromatic hydroxyl groups is 1. The Morgan fingerprint density at radius 2 is 1.98 bits per heavy atom. The standard InChI is InChI=1S/C38H46ClN7O5/c39-27-6-3-5-23-15-26(47)16-30(33(23)27)44-18-29-34-32(19-44)49-21-31-28-8-7-24(40-28)17-45(31)35(34)42-36(41-29)51-22-38-10-4-14-46(38)25(9-11-38)20-50-37(48)43-12-1-2-13-43/h3,5-6,15-16,24-25,28,31-32,40,47H,1-2,4,7-14,17-22H2. The number of halogens is 1. The number of hydrogen-bond donors (Lipinski definition) is 2. The number of carbonyl (C=O) groups is 1. The van der Waals surface area contributed by atoms with Crippen LogP contribution in [-0.4, -0.2) is 113 Å². The molecule has 6 atom stereocenters. The van der Waals surface area contributed by atoms with Crippen LogP contribution < -0.4 is 19.9 Å². The van der Waals surface area contributed by atoms with Crippen LogP contribution in [0.15, 0.2) is 30.3 Å². The van der Waals surface area contributed by atoms with Crippen LogP contribution in [0.3, 0.4) is 0 Å². The van der Waals surface area contributed by atoms with E-state index in [4.69, 9.17) is 35.8 Å². The van der Waals surface area contributed by atoms with E-state index in [2.05, 4.69) is 20.0 Å². The zero-order valence-electron chi connectivity index (χ0n) is 28.9. The number of anilines is 2. The lowest BCUT2D eigenvalue weighted by Gasteiger charge is -2.41. The quantitative estimate of drug-likeness (QED) is 0.360. The van der Waals surface area contributed by atoms with Crippen molar-refractivity contribution in [3.63, 3.8) is 0 Å². The molecule has 13 heteroatoms. The van der Waals surface area contributed by atoms with Crippen molar-refractivity contribution in [2.75, 3.05) is 62.3 Å². The minimum atomic E-state index is -0.246. The van der Waals surface area contributed by atoms with Gasteiger partial charge in [0.2, 0.25) is 0 Å². The lowest BCUT2D eigenvalue weighted by atomic mass is 9.95. The number of benzene rings is 2. The smallest absolute Gasteiger partial charge is 0.409 e. The fourth-order valence-electron chi connectivity index (χ4n) is 10.4. The third-order valence-corrected chi connectivity index (χ3v) is 13.1. The molecule has 270 valence electrons. The maximum absolute atomic E-state index is 12.7. The number of aromatic nitrogens is 2. The molecular weight excluding hydrogens is 670 g/mol. The first-order chi connectivity index (χ1) is 24.9. The van der Waals surface area contributed by atoms with Gasteiger partial charge in [0, 0.05) is 61.3 Å². The molecule has 0 radical (unpaired) electrons. The maximum atomic E-state index is 12.7. The zero-order chi connectivity index (χ0) is 34.3. The molecule has 5 saturated heterocycles. The van der Waals surface area contributed by atoms with Crippen molar-refractivity contribution in [3.8, 4) is 11.8 Å². The van der Waals surface area contributed by atoms with Crippen LogP contribution in [0.5, 0.6) is 11.8 Å². The van der Waals surface area contributed by atoms with Crippen LogP contribution in [0.1, 0.15) is 68.7 Å². The molecule has 7 aliphatic rings. The number of nitrogens with one attached hydrogen (secondary N) is 1. The summed E-state index contributed by atoms with van der Waals surface area (Å²) < 4.78 is 19.3. The molecule has 3 aromatic rings. The molecule has 2 bridgehead atoms. The SMILES string of the molecule is O=C(OCC1CCC2(COc3nc4c5c(n3)N3CC6CCC(N6)C3COC5CN(c3cc(O)cc5cccc(Cl)c35)C4)CCCN12)N1CCCC1. The van der Waals surface area contributed by atoms with Crippen molar-refractivity contribution >= 4 is 40.0 Å². The summed E-state index contributed by atoms with van der Waals surface area (Å²) in [6.07, 6.45) is 8.08. The number of nitrogens with zero attached hydrogens (tertiary/aromatic N) is 6. The molecule has 8 heterocycles. The molecule has 2 aromatic carbocycles. The molecule has 0 spiro atoms. The average Bonchev–Trinajstić information content (AvgIpc) is 3.93. The van der Waals surface area contributed by atoms with Crippen LogP contribution in [0.25, 0.3) is 10.8 Å². The topological polar surface area (TPSA) is 116 Å². The molecule has 10 rings (SSSR count). The third-order valence-electron chi connectivity index (χ3n) is 12.8. The van der Waals surface area contributed by atoms with Gasteiger partial charge in [0.25, 0.3) is 0 Å². The summed E-state index contributed by atoms with van der Waals surface area (Å²) in [4.78, 5) is 32.1. The maximum Gasteiger partial charge on any atom is 0.409 e. The van der Waals surface area contributed by atoms with Crippen LogP contribution >= 0.6 is 11.6 Å². The summed E-state index contributed by atoms with van der Waals surface area (Å²) in [5.74, 6) is 1.14. The molecular formula is C38H46ClN7O5. The highest BCUT2D eigenvalue weighted by molar-refractivity contribution is 6.36. The number of ether oxygens (including phenoxy) is 3. The van der Waals surface area contributed by atoms with Crippen LogP contribution in [0, 0.1) is 0 Å². The minimum Gasteiger partial charge on any atom is -0.508 e. The summed E-state index contributed by atoms with van der Waals surface area (Å²) in [5.41, 5.74) is 2.68. The second-order valence-electron chi connectivity index (χ2n) is 15.7. The molecule has 0 aliphatic carbocycles. The molecule has 2 N–H and O–H groups in total. The Hall–Kier alpha value is -3.58. The van der Waals surface area contributed by atoms with E-state index < -0.39 is 0 Å². The van der Waals surface area contributed by atoms with Gasteiger partial charge in [-0.3, -0.25) is 4.90 Å². The van der Waals surface area contributed by atoms with E-state index in [-0.39, 0.29) is 35.6 Å². The van der Waals surface area contributed by atoms with Gasteiger partial charge in [-0.25, -0.2) is 4.79 Å². The largest absolute Gasteiger partial charge is 0.508 e. The van der Waals surface area contributed by atoms with Gasteiger partial charge in [-0.1, -0.05) is 23.7 Å². The molecule has 51 heavy (non-hydrogen) atoms. The molecule has 0 saturated carbocycles. The Labute approximate surface area is 303 Å². The first kappa shape index (κ1) is 32.1. The lowest BCUT2D eigenvalue weighted by molar-refractivity contribution is 0.0410. The predicted octanol–water partition coefficient (Wildman–Crippen LogP) is 5.00. The second-order valence-corrected chi connectivity index (χ2v) is 16.1. The molecule has 7 aliphatic heterocycles. The highest BCUT2D eigenvalue weighted by atomic mass is 35.5. The number of amides is 1. The highest BCUT2D eigenvalue weighted by Crippen LogP contribution is 2.47. The number of piperazine rings is 1. The van der Waals surface area contributed by atoms with Gasteiger partial charge in [-0.2, -0.15) is 9.97 Å². The summed E-state index contributed by atoms with van der Waals surface area (Å²) in [5, 5.41) is 17.0. The summed E-state index contributed by atoms with van der Waals surface area (Å²) in [7, 11) is 0. The van der Waals surface area contributed by atoms with Gasteiger partial charge in [0.05, 0.1) is 41.1 Å². The molecule has 5 fully saturated rings. The number of rotatable bonds is 6. The second kappa shape index (κ2) is 12.5. The fourth-order valence-corrected chi connectivity index (χ4v) is 10.6. The van der Waals surface area contributed by atoms with Gasteiger partial charge in [0.1, 0.15) is 30.9 Å². The van der Waals surface area contributed by atoms with E-state index in [0.29, 0.717) is 56.0 Å². The predicted molar refractivity (Wildman–Crippen MR) is 193 cm³/mol. The Morgan fingerprint density at radius 1 is 1.08 bits per heavy atom. The first-order valence-electron chi connectivity index (χ1n) is 18.9. The fraction of sp³-hybridized carbons (Fsp3) is 0.605. The van der Waals surface area contributed by atoms with Gasteiger partial charge in [0.15, 0.2) is 0 Å². The summed E-state index contributed by atoms with van der Waals surface area (Å²) in [6, 6.07) is 10.9. The van der Waals surface area contributed by atoms with Crippen LogP contribution in [-0.2, 0) is 16.0 Å². The van der Waals surface area contributed by atoms with Gasteiger partial charge >= 0.3 is 12.1 Å². The molecule has 12 nitrogen and oxygen atoms in total. The first-order valence-corrected chi connectivity index (χ1v) is 19.3. The number of phenolic OH excluding ortho intramolecular Hbond substituents is 1. The highest BCUT2D eigenvalue weighted by Gasteiger charge is 2.51. The van der Waals surface area contributed by atoms with E-state index in [1.807, 2.05) is 23.1 Å². The van der Waals surface area contributed by atoms with Crippen molar-refractivity contribution in [1.29, 1.82) is 0 Å². The zero-order valence-corrected chi connectivity index (χ0v) is 29.7. The Bertz CT molecular complexity index is 1860. The number of carbonyl (C=O) groups excluding carboxylic acids is 1. The monoisotopic (exact) mass is 715 g/mol. The van der Waals surface area contributed by atoms with E-state index in [0.717, 1.165) is 111 Å². The minimum absolute atomic E-state index is 0.121. The lowest BCUT2D eigenvalue weighted by Crippen LogP contribution is -2.59. The van der Waals surface area contributed by atoms with E-state index in [9.17, 15) is 9.90 Å². The van der Waals surface area contributed by atoms with Gasteiger partial charge in [-0.05, 0) is 75.4 Å². The number of phenols is 1. The third kappa shape index (κ3) is 5.47. The average molecular weight is 716 g/mol.